The Morgan fingerprint density at radius 1 is 1.50 bits per heavy atom. The highest BCUT2D eigenvalue weighted by molar-refractivity contribution is 5.85. The molecule has 0 aromatic heterocycles. The van der Waals surface area contributed by atoms with Crippen molar-refractivity contribution in [3.8, 4) is 11.8 Å². The minimum absolute atomic E-state index is 0.256. The number of carbonyl (C=O) groups is 1. The predicted molar refractivity (Wildman–Crippen MR) is 67.7 cm³/mol. The lowest BCUT2D eigenvalue weighted by Crippen LogP contribution is -2.31. The average Bonchev–Trinajstić information content (AvgIpc) is 2.36. The van der Waals surface area contributed by atoms with E-state index < -0.39 is 11.4 Å². The maximum atomic E-state index is 11.3. The lowest BCUT2D eigenvalue weighted by molar-refractivity contribution is -0.141. The molecule has 4 nitrogen and oxygen atoms in total. The van der Waals surface area contributed by atoms with E-state index in [1.165, 1.54) is 14.0 Å². The molecule has 0 aliphatic rings. The van der Waals surface area contributed by atoms with Crippen molar-refractivity contribution in [3.05, 3.63) is 29.3 Å². The number of hydrogen-bond donors (Lipinski definition) is 1. The number of aliphatic carboxylic acids is 1. The fraction of sp³-hybridized carbons (Fsp3) is 0.429. The molecule has 0 heterocycles. The Labute approximate surface area is 107 Å². The Morgan fingerprint density at radius 3 is 2.50 bits per heavy atom. The quantitative estimate of drug-likeness (QED) is 0.888. The first-order valence-corrected chi connectivity index (χ1v) is 5.70. The molecule has 1 unspecified atom stereocenters. The molecule has 96 valence electrons. The second kappa shape index (κ2) is 5.09. The monoisotopic (exact) mass is 247 g/mol. The van der Waals surface area contributed by atoms with Gasteiger partial charge < -0.3 is 9.84 Å². The molecular weight excluding hydrogens is 230 g/mol. The van der Waals surface area contributed by atoms with Crippen LogP contribution in [0.2, 0.25) is 0 Å². The van der Waals surface area contributed by atoms with Gasteiger partial charge in [0.2, 0.25) is 0 Å². The van der Waals surface area contributed by atoms with Crippen molar-refractivity contribution in [2.24, 2.45) is 0 Å². The van der Waals surface area contributed by atoms with Gasteiger partial charge in [-0.25, -0.2) is 0 Å². The zero-order valence-corrected chi connectivity index (χ0v) is 11.0. The van der Waals surface area contributed by atoms with Crippen molar-refractivity contribution in [2.75, 3.05) is 7.11 Å². The molecule has 0 fully saturated rings. The number of nitriles is 1. The van der Waals surface area contributed by atoms with E-state index in [0.29, 0.717) is 11.3 Å². The molecule has 4 heteroatoms. The summed E-state index contributed by atoms with van der Waals surface area (Å²) in [4.78, 5) is 11.3. The van der Waals surface area contributed by atoms with Crippen molar-refractivity contribution < 1.29 is 14.6 Å². The third-order valence-electron chi connectivity index (χ3n) is 3.08. The number of nitrogens with zero attached hydrogens (tertiary/aromatic N) is 1. The van der Waals surface area contributed by atoms with Crippen LogP contribution in [0.4, 0.5) is 0 Å². The van der Waals surface area contributed by atoms with E-state index in [1.54, 1.807) is 12.1 Å². The van der Waals surface area contributed by atoms with Crippen LogP contribution in [-0.4, -0.2) is 18.2 Å². The first-order valence-electron chi connectivity index (χ1n) is 5.70. The summed E-state index contributed by atoms with van der Waals surface area (Å²) in [6.07, 6.45) is 0. The molecule has 1 rings (SSSR count). The van der Waals surface area contributed by atoms with Crippen LogP contribution >= 0.6 is 0 Å². The highest BCUT2D eigenvalue weighted by Gasteiger charge is 2.38. The molecule has 0 aliphatic carbocycles. The predicted octanol–water partition coefficient (Wildman–Crippen LogP) is 2.68. The van der Waals surface area contributed by atoms with Gasteiger partial charge in [0.15, 0.2) is 5.41 Å². The normalized spacial score (nSPS) is 13.8. The summed E-state index contributed by atoms with van der Waals surface area (Å²) in [6, 6.07) is 7.19. The van der Waals surface area contributed by atoms with Crippen LogP contribution in [0.3, 0.4) is 0 Å². The zero-order chi connectivity index (χ0) is 13.9. The average molecular weight is 247 g/mol. The third kappa shape index (κ3) is 2.30. The van der Waals surface area contributed by atoms with Crippen LogP contribution < -0.4 is 4.74 Å². The fourth-order valence-electron chi connectivity index (χ4n) is 1.70. The maximum absolute atomic E-state index is 11.3. The van der Waals surface area contributed by atoms with E-state index in [2.05, 4.69) is 0 Å². The van der Waals surface area contributed by atoms with Gasteiger partial charge in [-0.15, -0.1) is 0 Å². The molecule has 0 saturated heterocycles. The zero-order valence-electron chi connectivity index (χ0n) is 11.0. The van der Waals surface area contributed by atoms with Gasteiger partial charge in [-0.1, -0.05) is 19.9 Å². The van der Waals surface area contributed by atoms with Crippen molar-refractivity contribution in [2.45, 2.75) is 32.1 Å². The number of benzene rings is 1. The molecule has 0 saturated carbocycles. The summed E-state index contributed by atoms with van der Waals surface area (Å²) in [5, 5.41) is 18.4. The van der Waals surface area contributed by atoms with E-state index in [4.69, 9.17) is 4.74 Å². The number of rotatable bonds is 4. The second-order valence-electron chi connectivity index (χ2n) is 4.66. The van der Waals surface area contributed by atoms with Gasteiger partial charge in [-0.3, -0.25) is 4.79 Å². The number of hydrogen-bond acceptors (Lipinski definition) is 3. The minimum atomic E-state index is -1.60. The van der Waals surface area contributed by atoms with E-state index >= 15 is 0 Å². The van der Waals surface area contributed by atoms with Crippen molar-refractivity contribution in [3.63, 3.8) is 0 Å². The molecule has 0 bridgehead atoms. The SMILES string of the molecule is COc1ccc(C(C)C)cc1C(C)(C#N)C(=O)O. The van der Waals surface area contributed by atoms with Crippen LogP contribution in [0.15, 0.2) is 18.2 Å². The standard InChI is InChI=1S/C14H17NO3/c1-9(2)10-5-6-12(18-4)11(7-10)14(3,8-15)13(16)17/h5-7,9H,1-4H3,(H,16,17). The summed E-state index contributed by atoms with van der Waals surface area (Å²) in [5.74, 6) is -0.499. The Balaban J connectivity index is 3.50. The number of ether oxygens (including phenoxy) is 1. The van der Waals surface area contributed by atoms with E-state index in [1.807, 2.05) is 26.0 Å². The summed E-state index contributed by atoms with van der Waals surface area (Å²) in [5.41, 5.74) is -0.226. The smallest absolute Gasteiger partial charge is 0.328 e. The van der Waals surface area contributed by atoms with Gasteiger partial charge in [-0.05, 0) is 30.5 Å². The molecular formula is C14H17NO3. The van der Waals surface area contributed by atoms with Crippen molar-refractivity contribution in [1.82, 2.24) is 0 Å². The summed E-state index contributed by atoms with van der Waals surface area (Å²) in [7, 11) is 1.47. The van der Waals surface area contributed by atoms with Crippen molar-refractivity contribution in [1.29, 1.82) is 5.26 Å². The van der Waals surface area contributed by atoms with Gasteiger partial charge >= 0.3 is 5.97 Å². The highest BCUT2D eigenvalue weighted by atomic mass is 16.5. The Kier molecular flexibility index (Phi) is 3.97. The van der Waals surface area contributed by atoms with Crippen LogP contribution in [0, 0.1) is 11.3 Å². The largest absolute Gasteiger partial charge is 0.496 e. The molecule has 1 aromatic rings. The molecule has 1 atom stereocenters. The van der Waals surface area contributed by atoms with E-state index in [-0.39, 0.29) is 5.92 Å². The maximum Gasteiger partial charge on any atom is 0.328 e. The lowest BCUT2D eigenvalue weighted by Gasteiger charge is -2.21. The second-order valence-corrected chi connectivity index (χ2v) is 4.66. The van der Waals surface area contributed by atoms with Crippen LogP contribution in [0.5, 0.6) is 5.75 Å². The summed E-state index contributed by atoms with van der Waals surface area (Å²) in [6.45, 7) is 5.41. The summed E-state index contributed by atoms with van der Waals surface area (Å²) < 4.78 is 5.16. The number of methoxy groups -OCH3 is 1. The van der Waals surface area contributed by atoms with Gasteiger partial charge in [0, 0.05) is 5.56 Å². The van der Waals surface area contributed by atoms with Crippen LogP contribution in [0.1, 0.15) is 37.8 Å². The molecule has 0 radical (unpaired) electrons. The first kappa shape index (κ1) is 14.0. The molecule has 0 spiro atoms. The number of carboxylic acids is 1. The number of carboxylic acid groups (broad SMARTS) is 1. The van der Waals surface area contributed by atoms with Gasteiger partial charge in [0.05, 0.1) is 13.2 Å². The van der Waals surface area contributed by atoms with Crippen LogP contribution in [0.25, 0.3) is 0 Å². The Hall–Kier alpha value is -2.02. The molecule has 1 aromatic carbocycles. The molecule has 1 N–H and O–H groups in total. The van der Waals surface area contributed by atoms with Crippen LogP contribution in [-0.2, 0) is 10.2 Å². The van der Waals surface area contributed by atoms with E-state index in [9.17, 15) is 15.2 Å². The van der Waals surface area contributed by atoms with Crippen molar-refractivity contribution >= 4 is 5.97 Å². The van der Waals surface area contributed by atoms with E-state index in [0.717, 1.165) is 5.56 Å². The summed E-state index contributed by atoms with van der Waals surface area (Å²) >= 11 is 0. The first-order chi connectivity index (χ1) is 8.36. The van der Waals surface area contributed by atoms with Gasteiger partial charge in [0.1, 0.15) is 5.75 Å². The molecule has 18 heavy (non-hydrogen) atoms. The highest BCUT2D eigenvalue weighted by Crippen LogP contribution is 2.34. The Bertz CT molecular complexity index is 502. The third-order valence-corrected chi connectivity index (χ3v) is 3.08. The van der Waals surface area contributed by atoms with Gasteiger partial charge in [0.25, 0.3) is 0 Å². The minimum Gasteiger partial charge on any atom is -0.496 e. The lowest BCUT2D eigenvalue weighted by atomic mass is 9.81. The fourth-order valence-corrected chi connectivity index (χ4v) is 1.70. The Morgan fingerprint density at radius 2 is 2.11 bits per heavy atom. The molecule has 0 aliphatic heterocycles. The van der Waals surface area contributed by atoms with Gasteiger partial charge in [-0.2, -0.15) is 5.26 Å². The topological polar surface area (TPSA) is 70.3 Å². The molecule has 0 amide bonds.